The van der Waals surface area contributed by atoms with Crippen molar-refractivity contribution in [3.05, 3.63) is 53.6 Å². The van der Waals surface area contributed by atoms with Crippen LogP contribution in [0.25, 0.3) is 11.1 Å². The Bertz CT molecular complexity index is 811. The van der Waals surface area contributed by atoms with E-state index in [0.717, 1.165) is 12.1 Å². The summed E-state index contributed by atoms with van der Waals surface area (Å²) in [5.41, 5.74) is 6.34. The van der Waals surface area contributed by atoms with Crippen LogP contribution in [-0.2, 0) is 16.3 Å². The molecule has 21 heavy (non-hydrogen) atoms. The molecule has 0 amide bonds. The number of sulfone groups is 1. The Labute approximate surface area is 124 Å². The molecule has 0 aromatic heterocycles. The molecule has 0 saturated carbocycles. The van der Waals surface area contributed by atoms with Gasteiger partial charge in [-0.3, -0.25) is 0 Å². The van der Waals surface area contributed by atoms with Gasteiger partial charge in [-0.05, 0) is 47.2 Å². The van der Waals surface area contributed by atoms with Gasteiger partial charge in [-0.1, -0.05) is 30.3 Å². The Balaban J connectivity index is 1.59. The lowest BCUT2D eigenvalue weighted by atomic mass is 10.1. The number of rotatable bonds is 2. The maximum atomic E-state index is 11.5. The van der Waals surface area contributed by atoms with Gasteiger partial charge >= 0.3 is 0 Å². The van der Waals surface area contributed by atoms with Crippen LogP contribution in [-0.4, -0.2) is 26.0 Å². The molecule has 1 atom stereocenters. The first kappa shape index (κ1) is 12.9. The van der Waals surface area contributed by atoms with Gasteiger partial charge in [0.25, 0.3) is 0 Å². The minimum Gasteiger partial charge on any atom is -0.381 e. The minimum atomic E-state index is -2.83. The first-order valence-electron chi connectivity index (χ1n) is 7.29. The molecule has 4 heteroatoms. The van der Waals surface area contributed by atoms with Crippen LogP contribution in [0.15, 0.2) is 42.5 Å². The van der Waals surface area contributed by atoms with Crippen molar-refractivity contribution < 1.29 is 8.42 Å². The second kappa shape index (κ2) is 4.60. The number of benzene rings is 2. The standard InChI is InChI=1S/C17H17NO2S/c19-21(20)8-7-15(11-21)18-14-5-6-17-13(10-14)9-12-3-1-2-4-16(12)17/h1-6,10,15,18H,7-9,11H2. The van der Waals surface area contributed by atoms with Gasteiger partial charge < -0.3 is 5.32 Å². The van der Waals surface area contributed by atoms with E-state index >= 15 is 0 Å². The SMILES string of the molecule is O=S1(=O)CCC(Nc2ccc3c(c2)Cc2ccccc2-3)C1. The van der Waals surface area contributed by atoms with Crippen LogP contribution in [0.4, 0.5) is 5.69 Å². The van der Waals surface area contributed by atoms with Crippen LogP contribution >= 0.6 is 0 Å². The largest absolute Gasteiger partial charge is 0.381 e. The number of fused-ring (bicyclic) bond motifs is 3. The number of anilines is 1. The first-order chi connectivity index (χ1) is 10.1. The summed E-state index contributed by atoms with van der Waals surface area (Å²) in [4.78, 5) is 0. The summed E-state index contributed by atoms with van der Waals surface area (Å²) in [6, 6.07) is 14.9. The molecule has 1 fully saturated rings. The molecule has 108 valence electrons. The lowest BCUT2D eigenvalue weighted by Crippen LogP contribution is -2.20. The Kier molecular flexibility index (Phi) is 2.82. The molecular weight excluding hydrogens is 282 g/mol. The van der Waals surface area contributed by atoms with E-state index in [1.807, 2.05) is 0 Å². The van der Waals surface area contributed by atoms with E-state index in [-0.39, 0.29) is 11.8 Å². The average Bonchev–Trinajstić information content (AvgIpc) is 2.98. The van der Waals surface area contributed by atoms with Gasteiger partial charge in [-0.15, -0.1) is 0 Å². The number of hydrogen-bond donors (Lipinski definition) is 1. The second-order valence-corrected chi connectivity index (χ2v) is 8.18. The maximum absolute atomic E-state index is 11.5. The lowest BCUT2D eigenvalue weighted by molar-refractivity contribution is 0.602. The van der Waals surface area contributed by atoms with Crippen molar-refractivity contribution in [1.29, 1.82) is 0 Å². The molecule has 0 radical (unpaired) electrons. The van der Waals surface area contributed by atoms with E-state index in [9.17, 15) is 8.42 Å². The van der Waals surface area contributed by atoms with Crippen LogP contribution in [0, 0.1) is 0 Å². The molecule has 0 bridgehead atoms. The molecule has 1 aliphatic carbocycles. The topological polar surface area (TPSA) is 46.2 Å². The highest BCUT2D eigenvalue weighted by Gasteiger charge is 2.28. The highest BCUT2D eigenvalue weighted by atomic mass is 32.2. The third-order valence-electron chi connectivity index (χ3n) is 4.40. The smallest absolute Gasteiger partial charge is 0.152 e. The predicted octanol–water partition coefficient (Wildman–Crippen LogP) is 2.86. The highest BCUT2D eigenvalue weighted by Crippen LogP contribution is 2.37. The molecule has 2 aromatic carbocycles. The van der Waals surface area contributed by atoms with Gasteiger partial charge in [0.2, 0.25) is 0 Å². The van der Waals surface area contributed by atoms with Gasteiger partial charge in [0.15, 0.2) is 9.84 Å². The molecule has 1 unspecified atom stereocenters. The van der Waals surface area contributed by atoms with E-state index in [4.69, 9.17) is 0 Å². The van der Waals surface area contributed by atoms with E-state index in [2.05, 4.69) is 47.8 Å². The summed E-state index contributed by atoms with van der Waals surface area (Å²) >= 11 is 0. The van der Waals surface area contributed by atoms with Gasteiger partial charge in [-0.25, -0.2) is 8.42 Å². The van der Waals surface area contributed by atoms with E-state index in [1.54, 1.807) is 0 Å². The van der Waals surface area contributed by atoms with Crippen molar-refractivity contribution in [3.8, 4) is 11.1 Å². The zero-order chi connectivity index (χ0) is 14.4. The van der Waals surface area contributed by atoms with Crippen molar-refractivity contribution >= 4 is 15.5 Å². The fourth-order valence-corrected chi connectivity index (χ4v) is 5.05. The molecule has 3 nitrogen and oxygen atoms in total. The van der Waals surface area contributed by atoms with Crippen LogP contribution in [0.3, 0.4) is 0 Å². The van der Waals surface area contributed by atoms with Crippen LogP contribution in [0.5, 0.6) is 0 Å². The van der Waals surface area contributed by atoms with E-state index in [0.29, 0.717) is 12.2 Å². The summed E-state index contributed by atoms with van der Waals surface area (Å²) < 4.78 is 23.1. The van der Waals surface area contributed by atoms with Gasteiger partial charge in [0.1, 0.15) is 0 Å². The molecule has 2 aliphatic rings. The Morgan fingerprint density at radius 3 is 2.62 bits per heavy atom. The van der Waals surface area contributed by atoms with Crippen LogP contribution < -0.4 is 5.32 Å². The number of nitrogens with one attached hydrogen (secondary N) is 1. The molecule has 1 saturated heterocycles. The summed E-state index contributed by atoms with van der Waals surface area (Å²) in [6.07, 6.45) is 1.67. The Hall–Kier alpha value is -1.81. The van der Waals surface area contributed by atoms with Crippen LogP contribution in [0.2, 0.25) is 0 Å². The Morgan fingerprint density at radius 1 is 1.00 bits per heavy atom. The van der Waals surface area contributed by atoms with Crippen molar-refractivity contribution in [2.75, 3.05) is 16.8 Å². The molecule has 0 spiro atoms. The van der Waals surface area contributed by atoms with Crippen molar-refractivity contribution in [1.82, 2.24) is 0 Å². The highest BCUT2D eigenvalue weighted by molar-refractivity contribution is 7.91. The van der Waals surface area contributed by atoms with Gasteiger partial charge in [0, 0.05) is 11.7 Å². The molecule has 4 rings (SSSR count). The quantitative estimate of drug-likeness (QED) is 0.791. The number of hydrogen-bond acceptors (Lipinski definition) is 3. The average molecular weight is 299 g/mol. The van der Waals surface area contributed by atoms with Gasteiger partial charge in [-0.2, -0.15) is 0 Å². The summed E-state index contributed by atoms with van der Waals surface area (Å²) in [5.74, 6) is 0.561. The third-order valence-corrected chi connectivity index (χ3v) is 6.16. The summed E-state index contributed by atoms with van der Waals surface area (Å²) in [6.45, 7) is 0. The first-order valence-corrected chi connectivity index (χ1v) is 9.11. The Morgan fingerprint density at radius 2 is 1.81 bits per heavy atom. The van der Waals surface area contributed by atoms with Crippen LogP contribution in [0.1, 0.15) is 17.5 Å². The predicted molar refractivity (Wildman–Crippen MR) is 85.4 cm³/mol. The van der Waals surface area contributed by atoms with Crippen molar-refractivity contribution in [2.45, 2.75) is 18.9 Å². The second-order valence-electron chi connectivity index (χ2n) is 5.95. The molecule has 1 N–H and O–H groups in total. The third kappa shape index (κ3) is 2.33. The van der Waals surface area contributed by atoms with Crippen molar-refractivity contribution in [2.24, 2.45) is 0 Å². The summed E-state index contributed by atoms with van der Waals surface area (Å²) in [5, 5.41) is 3.37. The normalized spacial score (nSPS) is 21.8. The van der Waals surface area contributed by atoms with Crippen molar-refractivity contribution in [3.63, 3.8) is 0 Å². The maximum Gasteiger partial charge on any atom is 0.152 e. The van der Waals surface area contributed by atoms with Gasteiger partial charge in [0.05, 0.1) is 11.5 Å². The monoisotopic (exact) mass is 299 g/mol. The molecule has 1 aliphatic heterocycles. The molecule has 2 aromatic rings. The minimum absolute atomic E-state index is 0.0526. The van der Waals surface area contributed by atoms with E-state index < -0.39 is 9.84 Å². The fourth-order valence-electron chi connectivity index (χ4n) is 3.38. The van der Waals surface area contributed by atoms with E-state index in [1.165, 1.54) is 22.3 Å². The fraction of sp³-hybridized carbons (Fsp3) is 0.294. The summed E-state index contributed by atoms with van der Waals surface area (Å²) in [7, 11) is -2.83. The molecule has 1 heterocycles. The zero-order valence-electron chi connectivity index (χ0n) is 11.7. The molecular formula is C17H17NO2S. The zero-order valence-corrected chi connectivity index (χ0v) is 12.5. The lowest BCUT2D eigenvalue weighted by Gasteiger charge is -2.13.